The molecule has 0 aliphatic rings. The number of rotatable bonds is 5. The molecule has 0 saturated carbocycles. The van der Waals surface area contributed by atoms with Crippen LogP contribution >= 0.6 is 15.9 Å². The fourth-order valence-corrected chi connectivity index (χ4v) is 2.48. The average Bonchev–Trinajstić information content (AvgIpc) is 2.52. The van der Waals surface area contributed by atoms with Gasteiger partial charge in [0.25, 0.3) is 5.91 Å². The van der Waals surface area contributed by atoms with Crippen molar-refractivity contribution in [1.82, 2.24) is 10.3 Å². The standard InChI is InChI=1S/C17H17BrN2O3/c1-3-23-17(22)14-7-8-15(20-11(14)2)16(21)19-10-12-5-4-6-13(18)9-12/h4-9H,3,10H2,1-2H3,(H,19,21). The summed E-state index contributed by atoms with van der Waals surface area (Å²) in [5.74, 6) is -0.720. The van der Waals surface area contributed by atoms with Gasteiger partial charge >= 0.3 is 5.97 Å². The summed E-state index contributed by atoms with van der Waals surface area (Å²) < 4.78 is 5.90. The third-order valence-electron chi connectivity index (χ3n) is 3.16. The third-order valence-corrected chi connectivity index (χ3v) is 3.65. The predicted molar refractivity (Wildman–Crippen MR) is 90.2 cm³/mol. The molecule has 0 aliphatic carbocycles. The van der Waals surface area contributed by atoms with Crippen molar-refractivity contribution >= 4 is 27.8 Å². The van der Waals surface area contributed by atoms with Gasteiger partial charge in [-0.1, -0.05) is 28.1 Å². The minimum atomic E-state index is -0.432. The van der Waals surface area contributed by atoms with E-state index < -0.39 is 5.97 Å². The second-order valence-corrected chi connectivity index (χ2v) is 5.78. The van der Waals surface area contributed by atoms with Crippen LogP contribution in [0, 0.1) is 6.92 Å². The Morgan fingerprint density at radius 1 is 1.26 bits per heavy atom. The number of ether oxygens (including phenoxy) is 1. The maximum atomic E-state index is 12.2. The first-order chi connectivity index (χ1) is 11.0. The molecule has 0 fully saturated rings. The Morgan fingerprint density at radius 2 is 2.04 bits per heavy atom. The van der Waals surface area contributed by atoms with Crippen molar-refractivity contribution in [3.8, 4) is 0 Å². The van der Waals surface area contributed by atoms with Gasteiger partial charge in [0.2, 0.25) is 0 Å². The zero-order valence-corrected chi connectivity index (χ0v) is 14.5. The summed E-state index contributed by atoms with van der Waals surface area (Å²) in [5, 5.41) is 2.81. The Hall–Kier alpha value is -2.21. The molecule has 1 aromatic carbocycles. The maximum Gasteiger partial charge on any atom is 0.339 e. The third kappa shape index (κ3) is 4.63. The van der Waals surface area contributed by atoms with E-state index in [4.69, 9.17) is 4.74 Å². The molecule has 1 aromatic heterocycles. The molecule has 5 nitrogen and oxygen atoms in total. The number of aromatic nitrogens is 1. The lowest BCUT2D eigenvalue weighted by Gasteiger charge is -2.08. The minimum absolute atomic E-state index is 0.269. The number of amides is 1. The zero-order chi connectivity index (χ0) is 16.8. The normalized spacial score (nSPS) is 10.2. The topological polar surface area (TPSA) is 68.3 Å². The van der Waals surface area contributed by atoms with Crippen molar-refractivity contribution in [1.29, 1.82) is 0 Å². The van der Waals surface area contributed by atoms with Gasteiger partial charge in [0.15, 0.2) is 0 Å². The Morgan fingerprint density at radius 3 is 2.70 bits per heavy atom. The quantitative estimate of drug-likeness (QED) is 0.813. The minimum Gasteiger partial charge on any atom is -0.462 e. The number of aryl methyl sites for hydroxylation is 1. The van der Waals surface area contributed by atoms with Crippen LogP contribution in [-0.2, 0) is 11.3 Å². The second-order valence-electron chi connectivity index (χ2n) is 4.86. The molecular formula is C17H17BrN2O3. The monoisotopic (exact) mass is 376 g/mol. The maximum absolute atomic E-state index is 12.2. The lowest BCUT2D eigenvalue weighted by molar-refractivity contribution is 0.0524. The van der Waals surface area contributed by atoms with Crippen LogP contribution in [0.3, 0.4) is 0 Å². The molecule has 0 aliphatic heterocycles. The van der Waals surface area contributed by atoms with E-state index in [-0.39, 0.29) is 11.6 Å². The van der Waals surface area contributed by atoms with E-state index in [2.05, 4.69) is 26.2 Å². The molecule has 1 amide bonds. The summed E-state index contributed by atoms with van der Waals surface area (Å²) in [7, 11) is 0. The van der Waals surface area contributed by atoms with E-state index in [1.807, 2.05) is 24.3 Å². The number of esters is 1. The van der Waals surface area contributed by atoms with Crippen molar-refractivity contribution in [2.24, 2.45) is 0 Å². The van der Waals surface area contributed by atoms with Crippen molar-refractivity contribution < 1.29 is 14.3 Å². The number of nitrogens with zero attached hydrogens (tertiary/aromatic N) is 1. The van der Waals surface area contributed by atoms with Gasteiger partial charge in [-0.15, -0.1) is 0 Å². The van der Waals surface area contributed by atoms with Crippen LogP contribution in [-0.4, -0.2) is 23.5 Å². The van der Waals surface area contributed by atoms with Crippen LogP contribution in [0.1, 0.15) is 39.0 Å². The second kappa shape index (κ2) is 7.87. The Labute approximate surface area is 143 Å². The van der Waals surface area contributed by atoms with E-state index in [0.717, 1.165) is 10.0 Å². The van der Waals surface area contributed by atoms with Gasteiger partial charge in [0, 0.05) is 11.0 Å². The largest absolute Gasteiger partial charge is 0.462 e. The molecule has 1 N–H and O–H groups in total. The number of hydrogen-bond donors (Lipinski definition) is 1. The molecule has 0 unspecified atom stereocenters. The van der Waals surface area contributed by atoms with Crippen molar-refractivity contribution in [3.63, 3.8) is 0 Å². The summed E-state index contributed by atoms with van der Waals surface area (Å²) in [6.45, 7) is 4.12. The SMILES string of the molecule is CCOC(=O)c1ccc(C(=O)NCc2cccc(Br)c2)nc1C. The fraction of sp³-hybridized carbons (Fsp3) is 0.235. The van der Waals surface area contributed by atoms with Crippen molar-refractivity contribution in [2.75, 3.05) is 6.61 Å². The van der Waals surface area contributed by atoms with E-state index in [1.54, 1.807) is 19.9 Å². The van der Waals surface area contributed by atoms with Crippen LogP contribution in [0.15, 0.2) is 40.9 Å². The molecule has 0 atom stereocenters. The first-order valence-corrected chi connectivity index (χ1v) is 7.98. The molecular weight excluding hydrogens is 360 g/mol. The van der Waals surface area contributed by atoms with Gasteiger partial charge in [0.05, 0.1) is 17.9 Å². The number of carbonyl (C=O) groups is 2. The zero-order valence-electron chi connectivity index (χ0n) is 12.9. The van der Waals surface area contributed by atoms with Crippen LogP contribution in [0.4, 0.5) is 0 Å². The van der Waals surface area contributed by atoms with Crippen LogP contribution < -0.4 is 5.32 Å². The summed E-state index contributed by atoms with van der Waals surface area (Å²) in [5.41, 5.74) is 2.09. The molecule has 0 spiro atoms. The summed E-state index contributed by atoms with van der Waals surface area (Å²) in [6, 6.07) is 10.8. The number of carbonyl (C=O) groups excluding carboxylic acids is 2. The van der Waals surface area contributed by atoms with Crippen LogP contribution in [0.25, 0.3) is 0 Å². The lowest BCUT2D eigenvalue weighted by atomic mass is 10.1. The highest BCUT2D eigenvalue weighted by Gasteiger charge is 2.14. The molecule has 2 aromatic rings. The number of halogens is 1. The van der Waals surface area contributed by atoms with Crippen molar-refractivity contribution in [3.05, 3.63) is 63.4 Å². The molecule has 2 rings (SSSR count). The smallest absolute Gasteiger partial charge is 0.339 e. The van der Waals surface area contributed by atoms with Crippen molar-refractivity contribution in [2.45, 2.75) is 20.4 Å². The Kier molecular flexibility index (Phi) is 5.87. The molecule has 0 radical (unpaired) electrons. The van der Waals surface area contributed by atoms with Gasteiger partial charge in [-0.3, -0.25) is 4.79 Å². The highest BCUT2D eigenvalue weighted by molar-refractivity contribution is 9.10. The molecule has 23 heavy (non-hydrogen) atoms. The summed E-state index contributed by atoms with van der Waals surface area (Å²) in [4.78, 5) is 28.1. The number of pyridine rings is 1. The predicted octanol–water partition coefficient (Wildman–Crippen LogP) is 3.26. The highest BCUT2D eigenvalue weighted by Crippen LogP contribution is 2.12. The van der Waals surface area contributed by atoms with Gasteiger partial charge in [-0.25, -0.2) is 9.78 Å². The fourth-order valence-electron chi connectivity index (χ4n) is 2.03. The lowest BCUT2D eigenvalue weighted by Crippen LogP contribution is -2.24. The van der Waals surface area contributed by atoms with Gasteiger partial charge < -0.3 is 10.1 Å². The molecule has 1 heterocycles. The molecule has 0 saturated heterocycles. The van der Waals surface area contributed by atoms with E-state index >= 15 is 0 Å². The van der Waals surface area contributed by atoms with Gasteiger partial charge in [0.1, 0.15) is 5.69 Å². The van der Waals surface area contributed by atoms with E-state index in [9.17, 15) is 9.59 Å². The van der Waals surface area contributed by atoms with Gasteiger partial charge in [-0.2, -0.15) is 0 Å². The molecule has 120 valence electrons. The summed E-state index contributed by atoms with van der Waals surface area (Å²) >= 11 is 3.39. The number of hydrogen-bond acceptors (Lipinski definition) is 4. The Balaban J connectivity index is 2.05. The first-order valence-electron chi connectivity index (χ1n) is 7.18. The Bertz CT molecular complexity index is 732. The first kappa shape index (κ1) is 17.1. The number of nitrogens with one attached hydrogen (secondary N) is 1. The van der Waals surface area contributed by atoms with Crippen LogP contribution in [0.5, 0.6) is 0 Å². The molecule has 6 heteroatoms. The highest BCUT2D eigenvalue weighted by atomic mass is 79.9. The van der Waals surface area contributed by atoms with E-state index in [1.165, 1.54) is 6.07 Å². The average molecular weight is 377 g/mol. The molecule has 0 bridgehead atoms. The summed E-state index contributed by atoms with van der Waals surface area (Å²) in [6.07, 6.45) is 0. The van der Waals surface area contributed by atoms with Gasteiger partial charge in [-0.05, 0) is 43.7 Å². The number of benzene rings is 1. The van der Waals surface area contributed by atoms with E-state index in [0.29, 0.717) is 24.4 Å². The van der Waals surface area contributed by atoms with Crippen LogP contribution in [0.2, 0.25) is 0 Å².